The Bertz CT molecular complexity index is 599. The summed E-state index contributed by atoms with van der Waals surface area (Å²) in [5, 5.41) is 0.333. The standard InChI is InChI=1S/C14H12ClNO3/c1-18-10-7-11(14(19-2)12(15)8-10)13(17)9-3-5-16-6-4-9/h3-8H,1-2H3. The molecule has 0 aliphatic carbocycles. The summed E-state index contributed by atoms with van der Waals surface area (Å²) in [4.78, 5) is 16.3. The van der Waals surface area contributed by atoms with Gasteiger partial charge in [-0.25, -0.2) is 0 Å². The van der Waals surface area contributed by atoms with Gasteiger partial charge in [-0.1, -0.05) is 11.6 Å². The van der Waals surface area contributed by atoms with Gasteiger partial charge < -0.3 is 9.47 Å². The lowest BCUT2D eigenvalue weighted by atomic mass is 10.0. The second-order valence-electron chi connectivity index (χ2n) is 3.76. The molecule has 1 aromatic heterocycles. The fourth-order valence-electron chi connectivity index (χ4n) is 1.72. The van der Waals surface area contributed by atoms with Gasteiger partial charge in [0.1, 0.15) is 11.5 Å². The smallest absolute Gasteiger partial charge is 0.197 e. The molecule has 0 atom stereocenters. The van der Waals surface area contributed by atoms with Crippen molar-refractivity contribution < 1.29 is 14.3 Å². The zero-order valence-corrected chi connectivity index (χ0v) is 11.3. The van der Waals surface area contributed by atoms with Crippen molar-refractivity contribution in [1.29, 1.82) is 0 Å². The van der Waals surface area contributed by atoms with E-state index < -0.39 is 0 Å². The van der Waals surface area contributed by atoms with Crippen molar-refractivity contribution in [2.45, 2.75) is 0 Å². The molecule has 5 heteroatoms. The van der Waals surface area contributed by atoms with Crippen LogP contribution in [0.5, 0.6) is 11.5 Å². The Morgan fingerprint density at radius 2 is 1.84 bits per heavy atom. The topological polar surface area (TPSA) is 48.4 Å². The van der Waals surface area contributed by atoms with Crippen molar-refractivity contribution in [1.82, 2.24) is 4.98 Å². The first-order chi connectivity index (χ1) is 9.17. The SMILES string of the molecule is COc1cc(Cl)c(OC)c(C(=O)c2ccncc2)c1. The number of rotatable bonds is 4. The molecule has 2 rings (SSSR count). The van der Waals surface area contributed by atoms with Crippen LogP contribution in [0.3, 0.4) is 0 Å². The summed E-state index contributed by atoms with van der Waals surface area (Å²) in [6.45, 7) is 0. The van der Waals surface area contributed by atoms with Crippen LogP contribution in [0.2, 0.25) is 5.02 Å². The summed E-state index contributed by atoms with van der Waals surface area (Å²) < 4.78 is 10.3. The predicted molar refractivity (Wildman–Crippen MR) is 72.2 cm³/mol. The Hall–Kier alpha value is -2.07. The molecule has 0 unspecified atom stereocenters. The first-order valence-electron chi connectivity index (χ1n) is 5.53. The quantitative estimate of drug-likeness (QED) is 0.806. The minimum atomic E-state index is -0.194. The minimum Gasteiger partial charge on any atom is -0.497 e. The van der Waals surface area contributed by atoms with E-state index in [1.165, 1.54) is 14.2 Å². The van der Waals surface area contributed by atoms with Gasteiger partial charge in [-0.2, -0.15) is 0 Å². The van der Waals surface area contributed by atoms with E-state index in [0.717, 1.165) is 0 Å². The van der Waals surface area contributed by atoms with Gasteiger partial charge in [-0.05, 0) is 18.2 Å². The summed E-state index contributed by atoms with van der Waals surface area (Å²) in [6.07, 6.45) is 3.11. The number of nitrogens with zero attached hydrogens (tertiary/aromatic N) is 1. The number of aromatic nitrogens is 1. The van der Waals surface area contributed by atoms with Crippen molar-refractivity contribution in [3.8, 4) is 11.5 Å². The van der Waals surface area contributed by atoms with E-state index in [4.69, 9.17) is 21.1 Å². The average Bonchev–Trinajstić information content (AvgIpc) is 2.46. The zero-order chi connectivity index (χ0) is 13.8. The maximum absolute atomic E-state index is 12.4. The fourth-order valence-corrected chi connectivity index (χ4v) is 2.01. The Balaban J connectivity index is 2.55. The Morgan fingerprint density at radius 1 is 1.16 bits per heavy atom. The van der Waals surface area contributed by atoms with E-state index in [1.807, 2.05) is 0 Å². The first kappa shape index (κ1) is 13.4. The van der Waals surface area contributed by atoms with Crippen LogP contribution in [0.15, 0.2) is 36.7 Å². The predicted octanol–water partition coefficient (Wildman–Crippen LogP) is 2.98. The van der Waals surface area contributed by atoms with E-state index in [1.54, 1.807) is 36.7 Å². The lowest BCUT2D eigenvalue weighted by Crippen LogP contribution is -2.05. The molecule has 0 bridgehead atoms. The van der Waals surface area contributed by atoms with Crippen LogP contribution in [0, 0.1) is 0 Å². The largest absolute Gasteiger partial charge is 0.497 e. The van der Waals surface area contributed by atoms with Crippen LogP contribution in [-0.4, -0.2) is 25.0 Å². The van der Waals surface area contributed by atoms with E-state index in [-0.39, 0.29) is 5.78 Å². The Morgan fingerprint density at radius 3 is 2.42 bits per heavy atom. The van der Waals surface area contributed by atoms with Crippen molar-refractivity contribution in [3.05, 3.63) is 52.8 Å². The fraction of sp³-hybridized carbons (Fsp3) is 0.143. The molecule has 98 valence electrons. The molecule has 1 heterocycles. The molecule has 2 aromatic rings. The third-order valence-electron chi connectivity index (χ3n) is 2.64. The number of ketones is 1. The van der Waals surface area contributed by atoms with Crippen molar-refractivity contribution in [3.63, 3.8) is 0 Å². The van der Waals surface area contributed by atoms with Gasteiger partial charge >= 0.3 is 0 Å². The van der Waals surface area contributed by atoms with Gasteiger partial charge in [0.2, 0.25) is 0 Å². The highest BCUT2D eigenvalue weighted by molar-refractivity contribution is 6.33. The summed E-state index contributed by atoms with van der Waals surface area (Å²) in [7, 11) is 2.98. The zero-order valence-electron chi connectivity index (χ0n) is 10.5. The molecule has 0 saturated carbocycles. The van der Waals surface area contributed by atoms with Crippen molar-refractivity contribution >= 4 is 17.4 Å². The number of benzene rings is 1. The number of hydrogen-bond donors (Lipinski definition) is 0. The highest BCUT2D eigenvalue weighted by Gasteiger charge is 2.18. The highest BCUT2D eigenvalue weighted by Crippen LogP contribution is 2.34. The molecule has 0 saturated heterocycles. The third kappa shape index (κ3) is 2.69. The number of hydrogen-bond acceptors (Lipinski definition) is 4. The number of ether oxygens (including phenoxy) is 2. The molecule has 19 heavy (non-hydrogen) atoms. The van der Waals surface area contributed by atoms with Crippen LogP contribution < -0.4 is 9.47 Å². The number of carbonyl (C=O) groups is 1. The lowest BCUT2D eigenvalue weighted by molar-refractivity contribution is 0.103. The molecule has 0 amide bonds. The summed E-state index contributed by atoms with van der Waals surface area (Å²) >= 11 is 6.08. The van der Waals surface area contributed by atoms with E-state index in [0.29, 0.717) is 27.6 Å². The van der Waals surface area contributed by atoms with Crippen LogP contribution in [-0.2, 0) is 0 Å². The van der Waals surface area contributed by atoms with Gasteiger partial charge in [-0.15, -0.1) is 0 Å². The number of carbonyl (C=O) groups excluding carboxylic acids is 1. The lowest BCUT2D eigenvalue weighted by Gasteiger charge is -2.11. The van der Waals surface area contributed by atoms with Gasteiger partial charge in [0.25, 0.3) is 0 Å². The molecule has 0 radical (unpaired) electrons. The molecule has 0 N–H and O–H groups in total. The molecule has 1 aromatic carbocycles. The summed E-state index contributed by atoms with van der Waals surface area (Å²) in [5.74, 6) is 0.646. The van der Waals surface area contributed by atoms with Gasteiger partial charge in [0, 0.05) is 24.0 Å². The van der Waals surface area contributed by atoms with Gasteiger partial charge in [0.05, 0.1) is 24.8 Å². The molecule has 4 nitrogen and oxygen atoms in total. The maximum atomic E-state index is 12.4. The Labute approximate surface area is 115 Å². The van der Waals surface area contributed by atoms with Crippen molar-refractivity contribution in [2.75, 3.05) is 14.2 Å². The normalized spacial score (nSPS) is 10.1. The van der Waals surface area contributed by atoms with Crippen LogP contribution in [0.25, 0.3) is 0 Å². The monoisotopic (exact) mass is 277 g/mol. The van der Waals surface area contributed by atoms with Gasteiger partial charge in [-0.3, -0.25) is 9.78 Å². The molecule has 0 aliphatic heterocycles. The number of methoxy groups -OCH3 is 2. The first-order valence-corrected chi connectivity index (χ1v) is 5.91. The maximum Gasteiger partial charge on any atom is 0.197 e. The molecule has 0 fully saturated rings. The minimum absolute atomic E-state index is 0.194. The summed E-state index contributed by atoms with van der Waals surface area (Å²) in [6, 6.07) is 6.47. The molecular formula is C14H12ClNO3. The van der Waals surface area contributed by atoms with E-state index >= 15 is 0 Å². The average molecular weight is 278 g/mol. The third-order valence-corrected chi connectivity index (χ3v) is 2.92. The van der Waals surface area contributed by atoms with E-state index in [2.05, 4.69) is 4.98 Å². The van der Waals surface area contributed by atoms with Crippen molar-refractivity contribution in [2.24, 2.45) is 0 Å². The molecule has 0 spiro atoms. The van der Waals surface area contributed by atoms with Crippen LogP contribution in [0.1, 0.15) is 15.9 Å². The number of pyridine rings is 1. The second-order valence-corrected chi connectivity index (χ2v) is 4.16. The Kier molecular flexibility index (Phi) is 4.02. The number of halogens is 1. The highest BCUT2D eigenvalue weighted by atomic mass is 35.5. The molecular weight excluding hydrogens is 266 g/mol. The molecule has 0 aliphatic rings. The van der Waals surface area contributed by atoms with Gasteiger partial charge in [0.15, 0.2) is 5.78 Å². The second kappa shape index (κ2) is 5.71. The van der Waals surface area contributed by atoms with Crippen LogP contribution in [0.4, 0.5) is 0 Å². The van der Waals surface area contributed by atoms with E-state index in [9.17, 15) is 4.79 Å². The summed E-state index contributed by atoms with van der Waals surface area (Å²) in [5.41, 5.74) is 0.871. The van der Waals surface area contributed by atoms with Crippen LogP contribution >= 0.6 is 11.6 Å².